The molecule has 0 radical (unpaired) electrons. The van der Waals surface area contributed by atoms with Gasteiger partial charge >= 0.3 is 0 Å². The summed E-state index contributed by atoms with van der Waals surface area (Å²) in [6.45, 7) is 3.42. The van der Waals surface area contributed by atoms with Crippen LogP contribution < -0.4 is 4.74 Å². The van der Waals surface area contributed by atoms with Crippen LogP contribution in [0, 0.1) is 0 Å². The Morgan fingerprint density at radius 2 is 2.00 bits per heavy atom. The molecule has 0 aromatic heterocycles. The molecule has 0 unspecified atom stereocenters. The number of hydrogen-bond acceptors (Lipinski definition) is 5. The predicted octanol–water partition coefficient (Wildman–Crippen LogP) is 1.10. The van der Waals surface area contributed by atoms with E-state index in [2.05, 4.69) is 0 Å². The fraction of sp³-hybridized carbons (Fsp3) is 0.588. The van der Waals surface area contributed by atoms with Crippen LogP contribution in [0.25, 0.3) is 0 Å². The highest BCUT2D eigenvalue weighted by Crippen LogP contribution is 2.35. The van der Waals surface area contributed by atoms with Gasteiger partial charge in [0.05, 0.1) is 6.04 Å². The topological polar surface area (TPSA) is 76.1 Å². The van der Waals surface area contributed by atoms with Crippen LogP contribution in [0.5, 0.6) is 5.75 Å². The van der Waals surface area contributed by atoms with Gasteiger partial charge in [-0.25, -0.2) is 8.42 Å². The second-order valence-corrected chi connectivity index (χ2v) is 8.25. The van der Waals surface area contributed by atoms with Crippen molar-refractivity contribution in [2.24, 2.45) is 0 Å². The Hall–Kier alpha value is -1.64. The van der Waals surface area contributed by atoms with E-state index in [9.17, 15) is 13.2 Å². The van der Waals surface area contributed by atoms with Gasteiger partial charge in [0.1, 0.15) is 23.4 Å². The van der Waals surface area contributed by atoms with E-state index in [4.69, 9.17) is 9.47 Å². The molecular formula is C17H24N2O5S. The first-order valence-electron chi connectivity index (χ1n) is 8.54. The number of ether oxygens (including phenoxy) is 2. The molecule has 1 aromatic carbocycles. The largest absolute Gasteiger partial charge is 0.487 e. The van der Waals surface area contributed by atoms with Crippen LogP contribution in [0.4, 0.5) is 0 Å². The van der Waals surface area contributed by atoms with Crippen LogP contribution in [0.3, 0.4) is 0 Å². The zero-order valence-corrected chi connectivity index (χ0v) is 15.4. The molecule has 1 fully saturated rings. The van der Waals surface area contributed by atoms with Crippen LogP contribution in [0.1, 0.15) is 19.8 Å². The quantitative estimate of drug-likeness (QED) is 0.798. The lowest BCUT2D eigenvalue weighted by Crippen LogP contribution is -2.44. The van der Waals surface area contributed by atoms with Gasteiger partial charge in [0.25, 0.3) is 0 Å². The van der Waals surface area contributed by atoms with Crippen molar-refractivity contribution in [1.82, 2.24) is 9.21 Å². The summed E-state index contributed by atoms with van der Waals surface area (Å²) in [4.78, 5) is 14.2. The summed E-state index contributed by atoms with van der Waals surface area (Å²) >= 11 is 0. The van der Waals surface area contributed by atoms with Crippen molar-refractivity contribution in [3.8, 4) is 5.75 Å². The zero-order valence-electron chi connectivity index (χ0n) is 14.6. The van der Waals surface area contributed by atoms with Crippen molar-refractivity contribution in [1.29, 1.82) is 0 Å². The lowest BCUT2D eigenvalue weighted by molar-refractivity contribution is -0.136. The van der Waals surface area contributed by atoms with Crippen LogP contribution in [0.15, 0.2) is 29.2 Å². The summed E-state index contributed by atoms with van der Waals surface area (Å²) in [5.41, 5.74) is 0. The van der Waals surface area contributed by atoms with Crippen molar-refractivity contribution >= 4 is 15.9 Å². The summed E-state index contributed by atoms with van der Waals surface area (Å²) < 4.78 is 38.5. The molecule has 1 amide bonds. The average molecular weight is 368 g/mol. The molecule has 3 rings (SSSR count). The lowest BCUT2D eigenvalue weighted by Gasteiger charge is -2.28. The number of para-hydroxylation sites is 1. The highest BCUT2D eigenvalue weighted by Gasteiger charge is 2.41. The Labute approximate surface area is 148 Å². The minimum Gasteiger partial charge on any atom is -0.487 e. The number of carbonyl (C=O) groups excluding carboxylic acids is 1. The van der Waals surface area contributed by atoms with Crippen LogP contribution >= 0.6 is 0 Å². The highest BCUT2D eigenvalue weighted by molar-refractivity contribution is 7.89. The molecule has 138 valence electrons. The minimum absolute atomic E-state index is 0.0592. The van der Waals surface area contributed by atoms with Crippen molar-refractivity contribution in [3.05, 3.63) is 24.3 Å². The first-order valence-corrected chi connectivity index (χ1v) is 9.98. The molecule has 0 aliphatic carbocycles. The number of nitrogens with zero attached hydrogens (tertiary/aromatic N) is 2. The van der Waals surface area contributed by atoms with Crippen molar-refractivity contribution in [2.75, 3.05) is 33.4 Å². The number of sulfonamides is 1. The second-order valence-electron chi connectivity index (χ2n) is 6.29. The maximum atomic E-state index is 12.9. The minimum atomic E-state index is -3.62. The molecule has 1 aromatic rings. The third-order valence-electron chi connectivity index (χ3n) is 4.84. The van der Waals surface area contributed by atoms with Gasteiger partial charge < -0.3 is 14.4 Å². The summed E-state index contributed by atoms with van der Waals surface area (Å²) in [6, 6.07) is 6.42. The molecule has 1 saturated heterocycles. The molecule has 2 aliphatic heterocycles. The van der Waals surface area contributed by atoms with Gasteiger partial charge in [0.15, 0.2) is 0 Å². The van der Waals surface area contributed by atoms with E-state index in [0.717, 1.165) is 0 Å². The van der Waals surface area contributed by atoms with E-state index < -0.39 is 10.0 Å². The molecule has 25 heavy (non-hydrogen) atoms. The van der Waals surface area contributed by atoms with Crippen LogP contribution in [-0.2, 0) is 19.6 Å². The van der Waals surface area contributed by atoms with Gasteiger partial charge in [-0.3, -0.25) is 4.79 Å². The lowest BCUT2D eigenvalue weighted by atomic mass is 10.1. The first-order chi connectivity index (χ1) is 11.9. The molecule has 2 heterocycles. The smallest absolute Gasteiger partial charge is 0.248 e. The van der Waals surface area contributed by atoms with E-state index in [1.165, 1.54) is 4.31 Å². The molecule has 0 saturated carbocycles. The van der Waals surface area contributed by atoms with Gasteiger partial charge in [-0.2, -0.15) is 4.31 Å². The Morgan fingerprint density at radius 1 is 1.28 bits per heavy atom. The summed E-state index contributed by atoms with van der Waals surface area (Å²) in [5, 5.41) is 0. The summed E-state index contributed by atoms with van der Waals surface area (Å²) in [5.74, 6) is 0.320. The zero-order chi connectivity index (χ0) is 18.0. The highest BCUT2D eigenvalue weighted by atomic mass is 32.2. The van der Waals surface area contributed by atoms with E-state index in [-0.39, 0.29) is 29.6 Å². The molecule has 8 heteroatoms. The van der Waals surface area contributed by atoms with Gasteiger partial charge in [-0.1, -0.05) is 12.1 Å². The molecule has 0 N–H and O–H groups in total. The number of fused-ring (bicyclic) bond motifs is 2. The third-order valence-corrected chi connectivity index (χ3v) is 6.76. The van der Waals surface area contributed by atoms with E-state index in [1.54, 1.807) is 36.2 Å². The number of amides is 1. The van der Waals surface area contributed by atoms with Gasteiger partial charge in [-0.15, -0.1) is 0 Å². The van der Waals surface area contributed by atoms with E-state index in [0.29, 0.717) is 38.3 Å². The Morgan fingerprint density at radius 3 is 2.76 bits per heavy atom. The summed E-state index contributed by atoms with van der Waals surface area (Å²) in [7, 11) is -2.02. The molecule has 0 bridgehead atoms. The maximum Gasteiger partial charge on any atom is 0.248 e. The van der Waals surface area contributed by atoms with Crippen molar-refractivity contribution in [3.63, 3.8) is 0 Å². The molecular weight excluding hydrogens is 344 g/mol. The van der Waals surface area contributed by atoms with Crippen molar-refractivity contribution in [2.45, 2.75) is 36.8 Å². The van der Waals surface area contributed by atoms with Gasteiger partial charge in [-0.05, 0) is 25.5 Å². The molecule has 7 nitrogen and oxygen atoms in total. The SMILES string of the molecule is CCOCC(=O)N1CC[C@@H]2[C@@H](CC1)Oc1ccccc1S(=O)(=O)N2C. The third kappa shape index (κ3) is 3.51. The second kappa shape index (κ2) is 7.31. The number of benzene rings is 1. The molecule has 2 aliphatic rings. The monoisotopic (exact) mass is 368 g/mol. The fourth-order valence-electron chi connectivity index (χ4n) is 3.40. The number of rotatable bonds is 3. The first kappa shape index (κ1) is 18.2. The number of carbonyl (C=O) groups is 1. The molecule has 2 atom stereocenters. The number of likely N-dealkylation sites (N-methyl/N-ethyl adjacent to an activating group) is 1. The predicted molar refractivity (Wildman–Crippen MR) is 91.9 cm³/mol. The van der Waals surface area contributed by atoms with Crippen LogP contribution in [0.2, 0.25) is 0 Å². The average Bonchev–Trinajstić information content (AvgIpc) is 2.85. The number of likely N-dealkylation sites (tertiary alicyclic amines) is 1. The van der Waals surface area contributed by atoms with Gasteiger partial charge in [0, 0.05) is 33.2 Å². The van der Waals surface area contributed by atoms with E-state index >= 15 is 0 Å². The maximum absolute atomic E-state index is 12.9. The fourth-order valence-corrected chi connectivity index (χ4v) is 4.93. The van der Waals surface area contributed by atoms with Crippen molar-refractivity contribution < 1.29 is 22.7 Å². The molecule has 0 spiro atoms. The standard InChI is InChI=1S/C17H24N2O5S/c1-3-23-12-17(20)19-10-8-13-14(9-11-19)24-15-6-4-5-7-16(15)25(21,22)18(13)2/h4-7,13-14H,3,8-12H2,1-2H3/t13-,14-/m1/s1. The number of hydrogen-bond donors (Lipinski definition) is 0. The van der Waals surface area contributed by atoms with Crippen LogP contribution in [-0.4, -0.2) is 69.0 Å². The Balaban J connectivity index is 1.84. The van der Waals surface area contributed by atoms with Gasteiger partial charge in [0.2, 0.25) is 15.9 Å². The Kier molecular flexibility index (Phi) is 5.31. The Bertz CT molecular complexity index is 736. The normalized spacial score (nSPS) is 25.9. The van der Waals surface area contributed by atoms with E-state index in [1.807, 2.05) is 6.92 Å². The summed E-state index contributed by atoms with van der Waals surface area (Å²) in [6.07, 6.45) is 0.830.